The Bertz CT molecular complexity index is 1490. The monoisotopic (exact) mass is 502 g/mol. The number of carbonyl (C=O) groups excluding carboxylic acids is 1. The number of imidazole rings is 1. The molecule has 0 aliphatic heterocycles. The van der Waals surface area contributed by atoms with Crippen molar-refractivity contribution in [1.29, 1.82) is 0 Å². The number of carbonyl (C=O) groups is 1. The van der Waals surface area contributed by atoms with Gasteiger partial charge in [0.25, 0.3) is 10.0 Å². The molecule has 0 saturated carbocycles. The molecule has 9 nitrogen and oxygen atoms in total. The maximum absolute atomic E-state index is 12.9. The molecule has 0 unspecified atom stereocenters. The summed E-state index contributed by atoms with van der Waals surface area (Å²) in [5, 5.41) is 3.61. The highest BCUT2D eigenvalue weighted by atomic mass is 35.5. The normalized spacial score (nSPS) is 11.3. The number of pyridine rings is 1. The Labute approximate surface area is 198 Å². The van der Waals surface area contributed by atoms with Gasteiger partial charge in [0.1, 0.15) is 11.5 Å². The van der Waals surface area contributed by atoms with Crippen LogP contribution in [0.1, 0.15) is 15.9 Å². The van der Waals surface area contributed by atoms with Crippen molar-refractivity contribution >= 4 is 62.1 Å². The second kappa shape index (κ2) is 8.74. The molecule has 0 radical (unpaired) electrons. The molecule has 2 aromatic carbocycles. The topological polar surface area (TPSA) is 145 Å². The molecule has 0 saturated heterocycles. The van der Waals surface area contributed by atoms with E-state index in [1.54, 1.807) is 59.3 Å². The van der Waals surface area contributed by atoms with Gasteiger partial charge in [-0.2, -0.15) is 8.42 Å². The zero-order valence-electron chi connectivity index (χ0n) is 16.7. The average molecular weight is 503 g/mol. The molecular formula is C21H16Cl2N6O3S. The van der Waals surface area contributed by atoms with E-state index in [1.807, 2.05) is 0 Å². The fraction of sp³-hybridized carbons (Fsp3) is 0. The summed E-state index contributed by atoms with van der Waals surface area (Å²) in [6, 6.07) is 14.0. The standard InChI is InChI=1S/C21H16Cl2N6O3S/c22-15-2-1-3-16(23)19(15)20(30)12-4-9-18-27-17(11-29(18)10-12)26-13-5-7-14(8-6-13)33(31,32)28-21(24)25/h1-11,26H,(H4,24,25,28). The SMILES string of the molecule is NC(N)=NS(=O)(=O)c1ccc(Nc2cn3cc(C(=O)c4c(Cl)cccc4Cl)ccc3n2)cc1. The van der Waals surface area contributed by atoms with Crippen LogP contribution in [-0.4, -0.2) is 29.5 Å². The van der Waals surface area contributed by atoms with E-state index in [0.29, 0.717) is 22.7 Å². The number of hydrogen-bond acceptors (Lipinski definition) is 5. The number of rotatable bonds is 6. The number of benzene rings is 2. The van der Waals surface area contributed by atoms with Crippen LogP contribution in [0.5, 0.6) is 0 Å². The molecule has 0 amide bonds. The molecule has 33 heavy (non-hydrogen) atoms. The fourth-order valence-electron chi connectivity index (χ4n) is 3.10. The molecule has 0 atom stereocenters. The molecule has 12 heteroatoms. The van der Waals surface area contributed by atoms with Crippen molar-refractivity contribution in [2.75, 3.05) is 5.32 Å². The number of sulfonamides is 1. The Morgan fingerprint density at radius 3 is 2.27 bits per heavy atom. The molecule has 0 aliphatic rings. The van der Waals surface area contributed by atoms with E-state index in [4.69, 9.17) is 34.7 Å². The van der Waals surface area contributed by atoms with Crippen molar-refractivity contribution in [3.8, 4) is 0 Å². The first-order valence-corrected chi connectivity index (χ1v) is 11.5. The molecular weight excluding hydrogens is 487 g/mol. The Morgan fingerprint density at radius 1 is 0.970 bits per heavy atom. The van der Waals surface area contributed by atoms with Gasteiger partial charge in [0, 0.05) is 17.4 Å². The van der Waals surface area contributed by atoms with E-state index >= 15 is 0 Å². The molecule has 0 fully saturated rings. The van der Waals surface area contributed by atoms with Crippen LogP contribution in [-0.2, 0) is 10.0 Å². The number of fused-ring (bicyclic) bond motifs is 1. The van der Waals surface area contributed by atoms with E-state index in [0.717, 1.165) is 0 Å². The molecule has 0 bridgehead atoms. The van der Waals surface area contributed by atoms with Crippen molar-refractivity contribution in [2.45, 2.75) is 4.90 Å². The molecule has 168 valence electrons. The summed E-state index contributed by atoms with van der Waals surface area (Å²) in [4.78, 5) is 17.3. The van der Waals surface area contributed by atoms with Crippen molar-refractivity contribution in [1.82, 2.24) is 9.38 Å². The second-order valence-corrected chi connectivity index (χ2v) is 9.29. The van der Waals surface area contributed by atoms with Gasteiger partial charge < -0.3 is 21.2 Å². The number of ketones is 1. The van der Waals surface area contributed by atoms with Crippen LogP contribution in [0.4, 0.5) is 11.5 Å². The largest absolute Gasteiger partial charge is 0.369 e. The molecule has 4 rings (SSSR count). The molecule has 0 aliphatic carbocycles. The van der Waals surface area contributed by atoms with Gasteiger partial charge >= 0.3 is 0 Å². The third-order valence-corrected chi connectivity index (χ3v) is 6.50. The van der Waals surface area contributed by atoms with Gasteiger partial charge in [0.15, 0.2) is 5.78 Å². The lowest BCUT2D eigenvalue weighted by molar-refractivity contribution is 0.103. The minimum atomic E-state index is -3.97. The Morgan fingerprint density at radius 2 is 1.64 bits per heavy atom. The fourth-order valence-corrected chi connectivity index (χ4v) is 4.53. The van der Waals surface area contributed by atoms with Crippen molar-refractivity contribution in [3.63, 3.8) is 0 Å². The van der Waals surface area contributed by atoms with Crippen molar-refractivity contribution in [3.05, 3.63) is 88.2 Å². The van der Waals surface area contributed by atoms with Crippen LogP contribution in [0.2, 0.25) is 10.0 Å². The van der Waals surface area contributed by atoms with Gasteiger partial charge in [-0.3, -0.25) is 4.79 Å². The number of guanidine groups is 1. The number of halogens is 2. The second-order valence-electron chi connectivity index (χ2n) is 6.88. The summed E-state index contributed by atoms with van der Waals surface area (Å²) in [6.07, 6.45) is 3.31. The summed E-state index contributed by atoms with van der Waals surface area (Å²) in [7, 11) is -3.97. The molecule has 5 N–H and O–H groups in total. The first-order chi connectivity index (χ1) is 15.6. The van der Waals surface area contributed by atoms with Crippen LogP contribution in [0.3, 0.4) is 0 Å². The van der Waals surface area contributed by atoms with E-state index in [1.165, 1.54) is 12.1 Å². The van der Waals surface area contributed by atoms with Gasteiger partial charge in [-0.1, -0.05) is 29.3 Å². The van der Waals surface area contributed by atoms with E-state index in [2.05, 4.69) is 14.7 Å². The van der Waals surface area contributed by atoms with Crippen molar-refractivity contribution in [2.24, 2.45) is 15.9 Å². The van der Waals surface area contributed by atoms with Gasteiger partial charge in [-0.15, -0.1) is 4.40 Å². The Balaban J connectivity index is 1.58. The maximum Gasteiger partial charge on any atom is 0.285 e. The highest BCUT2D eigenvalue weighted by Crippen LogP contribution is 2.27. The van der Waals surface area contributed by atoms with E-state index < -0.39 is 16.0 Å². The van der Waals surface area contributed by atoms with Gasteiger partial charge in [0.05, 0.1) is 26.7 Å². The molecule has 0 spiro atoms. The minimum Gasteiger partial charge on any atom is -0.369 e. The summed E-state index contributed by atoms with van der Waals surface area (Å²) >= 11 is 12.3. The third kappa shape index (κ3) is 4.77. The highest BCUT2D eigenvalue weighted by molar-refractivity contribution is 7.90. The zero-order chi connectivity index (χ0) is 23.8. The molecule has 2 aromatic heterocycles. The summed E-state index contributed by atoms with van der Waals surface area (Å²) in [6.45, 7) is 0. The molecule has 2 heterocycles. The Kier molecular flexibility index (Phi) is 5.98. The summed E-state index contributed by atoms with van der Waals surface area (Å²) < 4.78 is 29.0. The van der Waals surface area contributed by atoms with E-state index in [9.17, 15) is 13.2 Å². The molecule has 4 aromatic rings. The van der Waals surface area contributed by atoms with Crippen LogP contribution < -0.4 is 16.8 Å². The van der Waals surface area contributed by atoms with Crippen LogP contribution in [0, 0.1) is 0 Å². The zero-order valence-corrected chi connectivity index (χ0v) is 19.1. The number of hydrogen-bond donors (Lipinski definition) is 3. The minimum absolute atomic E-state index is 0.0576. The van der Waals surface area contributed by atoms with Crippen LogP contribution in [0.25, 0.3) is 5.65 Å². The third-order valence-electron chi connectivity index (χ3n) is 4.55. The lowest BCUT2D eigenvalue weighted by Crippen LogP contribution is -2.24. The number of nitrogens with zero attached hydrogens (tertiary/aromatic N) is 3. The Hall–Kier alpha value is -3.60. The lowest BCUT2D eigenvalue weighted by Gasteiger charge is -2.06. The van der Waals surface area contributed by atoms with E-state index in [-0.39, 0.29) is 26.3 Å². The first kappa shape index (κ1) is 22.6. The predicted molar refractivity (Wildman–Crippen MR) is 128 cm³/mol. The number of aromatic nitrogens is 2. The van der Waals surface area contributed by atoms with Crippen LogP contribution in [0.15, 0.2) is 76.3 Å². The number of nitrogens with one attached hydrogen (secondary N) is 1. The predicted octanol–water partition coefficient (Wildman–Crippen LogP) is 3.58. The highest BCUT2D eigenvalue weighted by Gasteiger charge is 2.18. The lowest BCUT2D eigenvalue weighted by atomic mass is 10.0. The summed E-state index contributed by atoms with van der Waals surface area (Å²) in [5.74, 6) is -0.375. The van der Waals surface area contributed by atoms with Gasteiger partial charge in [0.2, 0.25) is 5.96 Å². The average Bonchev–Trinajstić information content (AvgIpc) is 3.14. The first-order valence-electron chi connectivity index (χ1n) is 9.34. The van der Waals surface area contributed by atoms with Gasteiger partial charge in [-0.25, -0.2) is 4.98 Å². The van der Waals surface area contributed by atoms with Crippen molar-refractivity contribution < 1.29 is 13.2 Å². The smallest absolute Gasteiger partial charge is 0.285 e. The summed E-state index contributed by atoms with van der Waals surface area (Å²) in [5.41, 5.74) is 12.1. The maximum atomic E-state index is 12.9. The quantitative estimate of drug-likeness (QED) is 0.207. The van der Waals surface area contributed by atoms with Gasteiger partial charge in [-0.05, 0) is 48.5 Å². The van der Waals surface area contributed by atoms with Crippen LogP contribution >= 0.6 is 23.2 Å². The number of nitrogens with two attached hydrogens (primary N) is 2. The number of anilines is 2.